The molecule has 0 saturated carbocycles. The molecule has 0 saturated heterocycles. The Morgan fingerprint density at radius 3 is 3.00 bits per heavy atom. The van der Waals surface area contributed by atoms with E-state index in [0.29, 0.717) is 11.4 Å². The minimum atomic E-state index is -0.591. The van der Waals surface area contributed by atoms with Gasteiger partial charge in [-0.2, -0.15) is 0 Å². The van der Waals surface area contributed by atoms with Crippen molar-refractivity contribution >= 4 is 12.1 Å². The van der Waals surface area contributed by atoms with E-state index in [1.54, 1.807) is 12.3 Å². The normalized spacial score (nSPS) is 19.1. The van der Waals surface area contributed by atoms with Crippen LogP contribution in [0.3, 0.4) is 0 Å². The molecule has 0 spiro atoms. The molecule has 2 aliphatic heterocycles. The molecular weight excluding hydrogens is 144 g/mol. The van der Waals surface area contributed by atoms with Crippen molar-refractivity contribution in [2.75, 3.05) is 0 Å². The van der Waals surface area contributed by atoms with Crippen LogP contribution in [0.2, 0.25) is 0 Å². The van der Waals surface area contributed by atoms with E-state index in [9.17, 15) is 4.79 Å². The Labute approximate surface area is 62.0 Å². The zero-order valence-corrected chi connectivity index (χ0v) is 5.48. The van der Waals surface area contributed by atoms with Crippen LogP contribution in [-0.4, -0.2) is 12.1 Å². The lowest BCUT2D eigenvalue weighted by Crippen LogP contribution is -2.12. The van der Waals surface area contributed by atoms with Gasteiger partial charge in [-0.3, -0.25) is 9.79 Å². The summed E-state index contributed by atoms with van der Waals surface area (Å²) in [4.78, 5) is 14.5. The Kier molecular flexibility index (Phi) is 1.00. The van der Waals surface area contributed by atoms with Crippen molar-refractivity contribution in [3.05, 3.63) is 23.2 Å². The number of hydrogen-bond acceptors (Lipinski definition) is 4. The van der Waals surface area contributed by atoms with Gasteiger partial charge in [-0.25, -0.2) is 0 Å². The second kappa shape index (κ2) is 1.85. The molecule has 0 fully saturated rings. The molecule has 0 aromatic rings. The summed E-state index contributed by atoms with van der Waals surface area (Å²) >= 11 is 0. The van der Waals surface area contributed by atoms with Crippen LogP contribution >= 0.6 is 0 Å². The van der Waals surface area contributed by atoms with Crippen LogP contribution in [0.1, 0.15) is 0 Å². The van der Waals surface area contributed by atoms with E-state index in [2.05, 4.69) is 15.2 Å². The number of allylic oxidation sites excluding steroid dienone is 1. The average Bonchev–Trinajstić information content (AvgIpc) is 2.41. The minimum absolute atomic E-state index is 0.144. The molecule has 0 aromatic heterocycles. The highest BCUT2D eigenvalue weighted by Crippen LogP contribution is 2.28. The number of nitrogens with zero attached hydrogens (tertiary/aromatic N) is 3. The monoisotopic (exact) mass is 148 g/mol. The van der Waals surface area contributed by atoms with Crippen molar-refractivity contribution in [3.63, 3.8) is 0 Å². The van der Waals surface area contributed by atoms with Gasteiger partial charge in [0.05, 0.1) is 0 Å². The second-order valence-corrected chi connectivity index (χ2v) is 2.09. The molecule has 0 aromatic carbocycles. The van der Waals surface area contributed by atoms with Gasteiger partial charge >= 0.3 is 0 Å². The molecule has 0 aliphatic carbocycles. The average molecular weight is 148 g/mol. The van der Waals surface area contributed by atoms with Crippen molar-refractivity contribution in [1.29, 1.82) is 0 Å². The summed E-state index contributed by atoms with van der Waals surface area (Å²) in [6, 6.07) is 0. The summed E-state index contributed by atoms with van der Waals surface area (Å²) in [5.41, 5.74) is 6.24. The van der Waals surface area contributed by atoms with E-state index in [1.165, 1.54) is 0 Å². The van der Waals surface area contributed by atoms with Gasteiger partial charge in [0, 0.05) is 6.21 Å². The van der Waals surface area contributed by atoms with Crippen molar-refractivity contribution in [1.82, 2.24) is 0 Å². The van der Waals surface area contributed by atoms with E-state index in [4.69, 9.17) is 5.73 Å². The molecule has 0 radical (unpaired) electrons. The number of carbonyl (C=O) groups is 1. The van der Waals surface area contributed by atoms with Gasteiger partial charge in [0.15, 0.2) is 5.70 Å². The highest BCUT2D eigenvalue weighted by Gasteiger charge is 2.22. The molecule has 2 rings (SSSR count). The van der Waals surface area contributed by atoms with E-state index >= 15 is 0 Å². The molecule has 2 N–H and O–H groups in total. The Hall–Kier alpha value is -1.78. The van der Waals surface area contributed by atoms with Crippen LogP contribution in [0.5, 0.6) is 0 Å². The molecule has 2 aliphatic rings. The molecule has 1 amide bonds. The SMILES string of the molecule is NC(=O)C1=C2N=CC=C2N=N1. The van der Waals surface area contributed by atoms with Crippen molar-refractivity contribution in [2.45, 2.75) is 0 Å². The molecule has 0 atom stereocenters. The quantitative estimate of drug-likeness (QED) is 0.562. The zero-order valence-electron chi connectivity index (χ0n) is 5.48. The molecule has 0 unspecified atom stereocenters. The van der Waals surface area contributed by atoms with Crippen LogP contribution in [0.4, 0.5) is 0 Å². The van der Waals surface area contributed by atoms with Crippen LogP contribution in [0.15, 0.2) is 38.4 Å². The smallest absolute Gasteiger partial charge is 0.271 e. The first-order chi connectivity index (χ1) is 5.29. The predicted octanol–water partition coefficient (Wildman–Crippen LogP) is 0.117. The van der Waals surface area contributed by atoms with Crippen LogP contribution < -0.4 is 5.73 Å². The number of aliphatic imine (C=N–C) groups is 1. The van der Waals surface area contributed by atoms with E-state index in [0.717, 1.165) is 0 Å². The summed E-state index contributed by atoms with van der Waals surface area (Å²) in [5.74, 6) is -0.591. The first kappa shape index (κ1) is 5.96. The first-order valence-electron chi connectivity index (χ1n) is 2.99. The maximum atomic E-state index is 10.7. The van der Waals surface area contributed by atoms with Crippen molar-refractivity contribution < 1.29 is 4.79 Å². The fourth-order valence-electron chi connectivity index (χ4n) is 0.908. The van der Waals surface area contributed by atoms with Crippen molar-refractivity contribution in [2.24, 2.45) is 21.0 Å². The highest BCUT2D eigenvalue weighted by atomic mass is 16.1. The summed E-state index contributed by atoms with van der Waals surface area (Å²) in [5, 5.41) is 7.25. The maximum Gasteiger partial charge on any atom is 0.271 e. The van der Waals surface area contributed by atoms with E-state index in [-0.39, 0.29) is 5.70 Å². The van der Waals surface area contributed by atoms with Gasteiger partial charge in [0.25, 0.3) is 5.91 Å². The van der Waals surface area contributed by atoms with Gasteiger partial charge in [-0.1, -0.05) is 0 Å². The number of nitrogens with two attached hydrogens (primary N) is 1. The maximum absolute atomic E-state index is 10.7. The summed E-state index contributed by atoms with van der Waals surface area (Å²) in [6.45, 7) is 0. The van der Waals surface area contributed by atoms with Crippen LogP contribution in [0.25, 0.3) is 0 Å². The second-order valence-electron chi connectivity index (χ2n) is 2.09. The van der Waals surface area contributed by atoms with Gasteiger partial charge in [0.1, 0.15) is 11.4 Å². The number of carbonyl (C=O) groups excluding carboxylic acids is 1. The van der Waals surface area contributed by atoms with Crippen LogP contribution in [0, 0.1) is 0 Å². The Morgan fingerprint density at radius 2 is 2.27 bits per heavy atom. The fourth-order valence-corrected chi connectivity index (χ4v) is 0.908. The summed E-state index contributed by atoms with van der Waals surface area (Å²) in [7, 11) is 0. The molecule has 54 valence electrons. The molecule has 5 heteroatoms. The lowest BCUT2D eigenvalue weighted by Gasteiger charge is -1.89. The third-order valence-electron chi connectivity index (χ3n) is 1.39. The first-order valence-corrected chi connectivity index (χ1v) is 2.99. The highest BCUT2D eigenvalue weighted by molar-refractivity contribution is 5.95. The Bertz CT molecular complexity index is 348. The Balaban J connectivity index is 2.55. The number of azo groups is 1. The zero-order chi connectivity index (χ0) is 7.84. The van der Waals surface area contributed by atoms with Crippen molar-refractivity contribution in [3.8, 4) is 0 Å². The minimum Gasteiger partial charge on any atom is -0.364 e. The fraction of sp³-hybridized carbons (Fsp3) is 0. The Morgan fingerprint density at radius 1 is 1.45 bits per heavy atom. The van der Waals surface area contributed by atoms with Crippen LogP contribution in [-0.2, 0) is 4.79 Å². The molecule has 5 nitrogen and oxygen atoms in total. The lowest BCUT2D eigenvalue weighted by molar-refractivity contribution is -0.114. The topological polar surface area (TPSA) is 80.2 Å². The number of amides is 1. The lowest BCUT2D eigenvalue weighted by atomic mass is 10.3. The molecule has 2 heterocycles. The van der Waals surface area contributed by atoms with E-state index < -0.39 is 5.91 Å². The third-order valence-corrected chi connectivity index (χ3v) is 1.39. The number of rotatable bonds is 1. The number of primary amides is 1. The number of hydrogen-bond donors (Lipinski definition) is 1. The molecule has 0 bridgehead atoms. The number of fused-ring (bicyclic) bond motifs is 1. The predicted molar refractivity (Wildman–Crippen MR) is 37.7 cm³/mol. The third kappa shape index (κ3) is 0.706. The molecule has 11 heavy (non-hydrogen) atoms. The summed E-state index contributed by atoms with van der Waals surface area (Å²) in [6.07, 6.45) is 3.24. The standard InChI is InChI=1S/C6H4N4O/c7-6(11)5-4-3(9-10-5)1-2-8-4/h1-2H,(H2,7,11). The largest absolute Gasteiger partial charge is 0.364 e. The van der Waals surface area contributed by atoms with Gasteiger partial charge in [-0.05, 0) is 6.08 Å². The van der Waals surface area contributed by atoms with Gasteiger partial charge in [-0.15, -0.1) is 10.2 Å². The van der Waals surface area contributed by atoms with Gasteiger partial charge in [0.2, 0.25) is 0 Å². The van der Waals surface area contributed by atoms with E-state index in [1.807, 2.05) is 0 Å². The van der Waals surface area contributed by atoms with Gasteiger partial charge < -0.3 is 5.73 Å². The summed E-state index contributed by atoms with van der Waals surface area (Å²) < 4.78 is 0. The molecular formula is C6H4N4O.